The van der Waals surface area contributed by atoms with Crippen LogP contribution in [0, 0.1) is 11.8 Å². The van der Waals surface area contributed by atoms with E-state index in [1.54, 1.807) is 0 Å². The zero-order valence-corrected chi connectivity index (χ0v) is 14.5. The smallest absolute Gasteiger partial charge is 0.218 e. The first kappa shape index (κ1) is 23.6. The van der Waals surface area contributed by atoms with E-state index in [0.29, 0.717) is 0 Å². The molecule has 156 valence electrons. The molecule has 1 fully saturated rings. The summed E-state index contributed by atoms with van der Waals surface area (Å²) in [7, 11) is -5.40. The van der Waals surface area contributed by atoms with Gasteiger partial charge in [0.1, 0.15) is 24.4 Å². The number of hydrogen-bond donors (Lipinski definition) is 8. The second kappa shape index (κ2) is 9.66. The van der Waals surface area contributed by atoms with Gasteiger partial charge in [-0.25, -0.2) is 8.42 Å². The first-order valence-electron chi connectivity index (χ1n) is 7.87. The Hall–Kier alpha value is -0.450. The minimum absolute atomic E-state index is 0.185. The molecule has 1 aliphatic carbocycles. The second-order valence-corrected chi connectivity index (χ2v) is 7.41. The molecule has 0 heterocycles. The van der Waals surface area contributed by atoms with Crippen molar-refractivity contribution >= 4 is 10.4 Å². The number of aliphatic hydroxyl groups is 8. The lowest BCUT2D eigenvalue weighted by molar-refractivity contribution is -0.152. The first-order chi connectivity index (χ1) is 11.9. The molecular formula is C13H25O12S-. The minimum Gasteiger partial charge on any atom is -0.726 e. The zero-order valence-electron chi connectivity index (χ0n) is 13.6. The predicted octanol–water partition coefficient (Wildman–Crippen LogP) is -4.99. The van der Waals surface area contributed by atoms with Crippen LogP contribution in [0.5, 0.6) is 0 Å². The lowest BCUT2D eigenvalue weighted by atomic mass is 9.72. The van der Waals surface area contributed by atoms with Gasteiger partial charge in [0.25, 0.3) is 0 Å². The van der Waals surface area contributed by atoms with Crippen molar-refractivity contribution in [2.45, 2.75) is 55.6 Å². The van der Waals surface area contributed by atoms with Crippen molar-refractivity contribution in [3.05, 3.63) is 0 Å². The molecule has 1 aliphatic rings. The van der Waals surface area contributed by atoms with Crippen molar-refractivity contribution in [3.8, 4) is 0 Å². The van der Waals surface area contributed by atoms with Gasteiger partial charge in [0.2, 0.25) is 10.4 Å². The van der Waals surface area contributed by atoms with E-state index in [-0.39, 0.29) is 6.42 Å². The Bertz CT molecular complexity index is 527. The van der Waals surface area contributed by atoms with Crippen molar-refractivity contribution in [2.24, 2.45) is 11.8 Å². The molecule has 0 aliphatic heterocycles. The molecule has 12 nitrogen and oxygen atoms in total. The van der Waals surface area contributed by atoms with Crippen LogP contribution in [-0.4, -0.2) is 110 Å². The highest BCUT2D eigenvalue weighted by atomic mass is 32.3. The molecule has 8 N–H and O–H groups in total. The van der Waals surface area contributed by atoms with Gasteiger partial charge in [0, 0.05) is 12.5 Å². The molecule has 0 aromatic carbocycles. The number of aliphatic hydroxyl groups excluding tert-OH is 8. The molecule has 0 bridgehead atoms. The quantitative estimate of drug-likeness (QED) is 0.133. The maximum atomic E-state index is 10.8. The van der Waals surface area contributed by atoms with Crippen LogP contribution in [0.3, 0.4) is 0 Å². The van der Waals surface area contributed by atoms with Crippen molar-refractivity contribution in [1.29, 1.82) is 0 Å². The van der Waals surface area contributed by atoms with Crippen molar-refractivity contribution < 1.29 is 58.0 Å². The minimum atomic E-state index is -5.40. The summed E-state index contributed by atoms with van der Waals surface area (Å²) in [5.74, 6) is -1.84. The number of hydrogen-bond acceptors (Lipinski definition) is 12. The Labute approximate surface area is 149 Å². The number of rotatable bonds is 9. The van der Waals surface area contributed by atoms with E-state index < -0.39 is 84.6 Å². The van der Waals surface area contributed by atoms with Gasteiger partial charge in [-0.3, -0.25) is 4.18 Å². The topological polar surface area (TPSA) is 228 Å². The first-order valence-corrected chi connectivity index (χ1v) is 9.20. The molecule has 1 rings (SSSR count). The SMILES string of the molecule is O=S(=O)([O-])O[C@@H]([C@H](O)[C@H](O)CO)[C@@H](O)C[C@H]1C[C@@H](O)[C@@H](O)[C@H](O)[C@@H]1CO. The molecule has 0 radical (unpaired) electrons. The summed E-state index contributed by atoms with van der Waals surface area (Å²) in [4.78, 5) is 0. The predicted molar refractivity (Wildman–Crippen MR) is 81.0 cm³/mol. The molecule has 13 heteroatoms. The monoisotopic (exact) mass is 405 g/mol. The van der Waals surface area contributed by atoms with Crippen molar-refractivity contribution in [1.82, 2.24) is 0 Å². The maximum Gasteiger partial charge on any atom is 0.218 e. The van der Waals surface area contributed by atoms with E-state index >= 15 is 0 Å². The summed E-state index contributed by atoms with van der Waals surface area (Å²) in [6.45, 7) is -1.64. The fourth-order valence-electron chi connectivity index (χ4n) is 3.17. The maximum absolute atomic E-state index is 10.8. The van der Waals surface area contributed by atoms with E-state index in [0.717, 1.165) is 0 Å². The van der Waals surface area contributed by atoms with E-state index in [9.17, 15) is 48.7 Å². The Kier molecular flexibility index (Phi) is 8.76. The highest BCUT2D eigenvalue weighted by Crippen LogP contribution is 2.35. The van der Waals surface area contributed by atoms with Gasteiger partial charge in [-0.05, 0) is 18.8 Å². The highest BCUT2D eigenvalue weighted by molar-refractivity contribution is 7.80. The van der Waals surface area contributed by atoms with Crippen molar-refractivity contribution in [2.75, 3.05) is 13.2 Å². The van der Waals surface area contributed by atoms with E-state index in [4.69, 9.17) is 5.11 Å². The fourth-order valence-corrected chi connectivity index (χ4v) is 3.68. The van der Waals surface area contributed by atoms with Crippen LogP contribution in [-0.2, 0) is 14.6 Å². The van der Waals surface area contributed by atoms with Gasteiger partial charge in [0.05, 0.1) is 24.9 Å². The van der Waals surface area contributed by atoms with Gasteiger partial charge < -0.3 is 45.4 Å². The lowest BCUT2D eigenvalue weighted by Gasteiger charge is -2.42. The van der Waals surface area contributed by atoms with E-state index in [2.05, 4.69) is 4.18 Å². The molecule has 0 saturated heterocycles. The van der Waals surface area contributed by atoms with Gasteiger partial charge in [-0.15, -0.1) is 0 Å². The summed E-state index contributed by atoms with van der Waals surface area (Å²) in [5, 5.41) is 76.9. The van der Waals surface area contributed by atoms with Crippen LogP contribution in [0.15, 0.2) is 0 Å². The Morgan fingerprint density at radius 2 is 1.62 bits per heavy atom. The van der Waals surface area contributed by atoms with Gasteiger partial charge >= 0.3 is 0 Å². The Morgan fingerprint density at radius 1 is 1.04 bits per heavy atom. The van der Waals surface area contributed by atoms with Crippen LogP contribution in [0.4, 0.5) is 0 Å². The summed E-state index contributed by atoms with van der Waals surface area (Å²) in [6, 6.07) is 0. The molecule has 0 aromatic heterocycles. The third-order valence-corrected chi connectivity index (χ3v) is 5.07. The summed E-state index contributed by atoms with van der Waals surface area (Å²) in [6.07, 6.45) is -13.2. The molecule has 0 spiro atoms. The average molecular weight is 405 g/mol. The summed E-state index contributed by atoms with van der Waals surface area (Å²) < 4.78 is 36.6. The van der Waals surface area contributed by atoms with Gasteiger partial charge in [-0.1, -0.05) is 0 Å². The summed E-state index contributed by atoms with van der Waals surface area (Å²) >= 11 is 0. The van der Waals surface area contributed by atoms with Crippen LogP contribution >= 0.6 is 0 Å². The van der Waals surface area contributed by atoms with Gasteiger partial charge in [0.15, 0.2) is 0 Å². The normalized spacial score (nSPS) is 34.9. The lowest BCUT2D eigenvalue weighted by Crippen LogP contribution is -2.54. The van der Waals surface area contributed by atoms with Crippen LogP contribution in [0.25, 0.3) is 0 Å². The van der Waals surface area contributed by atoms with Gasteiger partial charge in [-0.2, -0.15) is 0 Å². The van der Waals surface area contributed by atoms with Crippen molar-refractivity contribution in [3.63, 3.8) is 0 Å². The Balaban J connectivity index is 2.98. The third-order valence-electron chi connectivity index (χ3n) is 4.61. The van der Waals surface area contributed by atoms with Crippen LogP contribution < -0.4 is 0 Å². The van der Waals surface area contributed by atoms with Crippen LogP contribution in [0.2, 0.25) is 0 Å². The van der Waals surface area contributed by atoms with E-state index in [1.807, 2.05) is 0 Å². The molecule has 26 heavy (non-hydrogen) atoms. The summed E-state index contributed by atoms with van der Waals surface area (Å²) in [5.41, 5.74) is 0. The molecule has 0 unspecified atom stereocenters. The standard InChI is InChI=1S/C13H26O12S/c14-3-6-5(1-7(16)11(20)10(6)19)2-8(17)13(25-26(22,23)24)12(21)9(18)4-15/h5-21H,1-4H2,(H,22,23,24)/p-1/t5-,6-,7-,8+,9-,10-,11-,12-,13-/m1/s1. The molecule has 0 amide bonds. The van der Waals surface area contributed by atoms with Crippen LogP contribution in [0.1, 0.15) is 12.8 Å². The molecular weight excluding hydrogens is 380 g/mol. The highest BCUT2D eigenvalue weighted by Gasteiger charge is 2.44. The third kappa shape index (κ3) is 6.03. The second-order valence-electron chi connectivity index (χ2n) is 6.40. The molecule has 9 atom stereocenters. The zero-order chi connectivity index (χ0) is 20.2. The molecule has 0 aromatic rings. The largest absolute Gasteiger partial charge is 0.726 e. The Morgan fingerprint density at radius 3 is 2.08 bits per heavy atom. The average Bonchev–Trinajstić information content (AvgIpc) is 2.55. The molecule has 1 saturated carbocycles. The van der Waals surface area contributed by atoms with E-state index in [1.165, 1.54) is 0 Å². The fraction of sp³-hybridized carbons (Fsp3) is 1.00.